The molecule has 42 valence electrons. The van der Waals surface area contributed by atoms with E-state index in [1.54, 1.807) is 0 Å². The average Bonchev–Trinajstić information content (AvgIpc) is 1.84. The Hall–Kier alpha value is -0.925. The minimum Gasteiger partial charge on any atom is -0.504 e. The number of hydrogen-bond donors (Lipinski definition) is 2. The predicted octanol–water partition coefficient (Wildman–Crippen LogP) is -0.700. The van der Waals surface area contributed by atoms with E-state index in [-0.39, 0.29) is 0 Å². The molecule has 0 aromatic carbocycles. The first-order valence-electron chi connectivity index (χ1n) is 2.05. The summed E-state index contributed by atoms with van der Waals surface area (Å²) >= 11 is 0. The van der Waals surface area contributed by atoms with Gasteiger partial charge in [-0.15, -0.1) is 0 Å². The lowest BCUT2D eigenvalue weighted by Gasteiger charge is -1.93. The summed E-state index contributed by atoms with van der Waals surface area (Å²) in [6.07, 6.45) is 0. The number of carbonyl (C=O) groups is 1. The molecule has 0 saturated heterocycles. The van der Waals surface area contributed by atoms with Crippen molar-refractivity contribution in [3.8, 4) is 0 Å². The maximum Gasteiger partial charge on any atom is 0.284 e. The van der Waals surface area contributed by atoms with Crippen LogP contribution in [-0.4, -0.2) is 25.9 Å². The van der Waals surface area contributed by atoms with E-state index >= 15 is 0 Å². The van der Waals surface area contributed by atoms with Gasteiger partial charge in [-0.2, -0.15) is 0 Å². The van der Waals surface area contributed by atoms with Crippen LogP contribution in [0.5, 0.6) is 0 Å². The van der Waals surface area contributed by atoms with Crippen molar-refractivity contribution in [2.24, 2.45) is 0 Å². The van der Waals surface area contributed by atoms with Gasteiger partial charge >= 0.3 is 0 Å². The van der Waals surface area contributed by atoms with Gasteiger partial charge < -0.3 is 10.4 Å². The van der Waals surface area contributed by atoms with Crippen molar-refractivity contribution >= 4 is 13.8 Å². The van der Waals surface area contributed by atoms with Crippen LogP contribution in [0.2, 0.25) is 0 Å². The van der Waals surface area contributed by atoms with E-state index in [9.17, 15) is 4.79 Å². The third kappa shape index (κ3) is 1.68. The molecular formula is C4H6BNO2. The maximum atomic E-state index is 10.2. The van der Waals surface area contributed by atoms with Gasteiger partial charge in [0.15, 0.2) is 5.76 Å². The second kappa shape index (κ2) is 3.13. The summed E-state index contributed by atoms with van der Waals surface area (Å²) in [5.41, 5.74) is 0. The fourth-order valence-electron chi connectivity index (χ4n) is 0.204. The van der Waals surface area contributed by atoms with Crippen molar-refractivity contribution in [3.63, 3.8) is 0 Å². The van der Waals surface area contributed by atoms with E-state index in [0.29, 0.717) is 0 Å². The largest absolute Gasteiger partial charge is 0.504 e. The highest BCUT2D eigenvalue weighted by Gasteiger charge is 1.98. The van der Waals surface area contributed by atoms with Crippen LogP contribution in [0.25, 0.3) is 0 Å². The maximum absolute atomic E-state index is 10.2. The monoisotopic (exact) mass is 111 g/mol. The molecule has 0 atom stereocenters. The molecule has 0 aromatic heterocycles. The van der Waals surface area contributed by atoms with E-state index in [1.165, 1.54) is 7.05 Å². The van der Waals surface area contributed by atoms with Crippen LogP contribution in [0.15, 0.2) is 11.7 Å². The molecule has 0 unspecified atom stereocenters. The van der Waals surface area contributed by atoms with Gasteiger partial charge in [-0.05, 0) is 0 Å². The summed E-state index contributed by atoms with van der Waals surface area (Å²) in [6, 6.07) is 0. The van der Waals surface area contributed by atoms with Crippen LogP contribution in [0.3, 0.4) is 0 Å². The van der Waals surface area contributed by atoms with Gasteiger partial charge in [0.2, 0.25) is 0 Å². The highest BCUT2D eigenvalue weighted by Crippen LogP contribution is 1.81. The molecule has 2 N–H and O–H groups in total. The molecule has 0 aliphatic heterocycles. The Balaban J connectivity index is 3.83. The molecule has 2 radical (unpaired) electrons. The molecule has 0 aliphatic rings. The first-order valence-corrected chi connectivity index (χ1v) is 2.05. The fourth-order valence-corrected chi connectivity index (χ4v) is 0.204. The van der Waals surface area contributed by atoms with Crippen LogP contribution in [0.4, 0.5) is 0 Å². The SMILES string of the molecule is [B]/C=C(\O)C(=O)NC. The summed E-state index contributed by atoms with van der Waals surface area (Å²) in [5, 5.41) is 10.6. The van der Waals surface area contributed by atoms with Gasteiger partial charge in [0.1, 0.15) is 7.85 Å². The van der Waals surface area contributed by atoms with Crippen molar-refractivity contribution in [2.45, 2.75) is 0 Å². The summed E-state index contributed by atoms with van der Waals surface area (Å²) in [7, 11) is 6.18. The van der Waals surface area contributed by atoms with Crippen LogP contribution < -0.4 is 5.32 Å². The predicted molar refractivity (Wildman–Crippen MR) is 30.5 cm³/mol. The first kappa shape index (κ1) is 7.07. The molecule has 0 saturated carbocycles. The number of likely N-dealkylation sites (N-methyl/N-ethyl adjacent to an activating group) is 1. The number of amides is 1. The Morgan fingerprint density at radius 1 is 1.88 bits per heavy atom. The van der Waals surface area contributed by atoms with Crippen LogP contribution in [0, 0.1) is 0 Å². The lowest BCUT2D eigenvalue weighted by Crippen LogP contribution is -2.19. The molecule has 0 aromatic rings. The second-order valence-electron chi connectivity index (χ2n) is 1.13. The van der Waals surface area contributed by atoms with Crippen LogP contribution >= 0.6 is 0 Å². The standard InChI is InChI=1S/C4H6BNO2/c1-6-4(8)3(7)2-5/h2,7H,1H3,(H,6,8)/b3-2-. The number of carbonyl (C=O) groups excluding carboxylic acids is 1. The number of hydrogen-bond acceptors (Lipinski definition) is 2. The van der Waals surface area contributed by atoms with Gasteiger partial charge in [-0.3, -0.25) is 4.79 Å². The van der Waals surface area contributed by atoms with E-state index in [2.05, 4.69) is 5.32 Å². The molecule has 3 nitrogen and oxygen atoms in total. The average molecular weight is 111 g/mol. The summed E-state index contributed by atoms with van der Waals surface area (Å²) in [5.74, 6) is -0.209. The summed E-state index contributed by atoms with van der Waals surface area (Å²) in [4.78, 5) is 10.2. The Labute approximate surface area is 48.8 Å². The topological polar surface area (TPSA) is 49.3 Å². The Morgan fingerprint density at radius 2 is 2.38 bits per heavy atom. The molecular weight excluding hydrogens is 105 g/mol. The molecule has 0 bridgehead atoms. The van der Waals surface area contributed by atoms with Gasteiger partial charge in [-0.25, -0.2) is 0 Å². The van der Waals surface area contributed by atoms with Gasteiger partial charge in [0, 0.05) is 7.05 Å². The first-order chi connectivity index (χ1) is 3.72. The zero-order valence-corrected chi connectivity index (χ0v) is 4.51. The fraction of sp³-hybridized carbons (Fsp3) is 0.250. The Kier molecular flexibility index (Phi) is 2.76. The summed E-state index contributed by atoms with van der Waals surface area (Å²) in [6.45, 7) is 0. The Bertz CT molecular complexity index is 121. The third-order valence-electron chi connectivity index (χ3n) is 0.618. The number of rotatable bonds is 1. The smallest absolute Gasteiger partial charge is 0.284 e. The number of nitrogens with one attached hydrogen (secondary N) is 1. The Morgan fingerprint density at radius 3 is 2.50 bits per heavy atom. The minimum absolute atomic E-state index is 0.465. The molecule has 0 spiro atoms. The number of aliphatic hydroxyl groups excluding tert-OH is 1. The molecule has 0 heterocycles. The van der Waals surface area contributed by atoms with Crippen molar-refractivity contribution in [3.05, 3.63) is 11.7 Å². The molecule has 0 fully saturated rings. The number of aliphatic hydroxyl groups is 1. The zero-order chi connectivity index (χ0) is 6.57. The van der Waals surface area contributed by atoms with Crippen molar-refractivity contribution < 1.29 is 9.90 Å². The van der Waals surface area contributed by atoms with E-state index in [0.717, 1.165) is 5.98 Å². The summed E-state index contributed by atoms with van der Waals surface area (Å²) < 4.78 is 0. The van der Waals surface area contributed by atoms with Crippen molar-refractivity contribution in [1.82, 2.24) is 5.32 Å². The van der Waals surface area contributed by atoms with E-state index in [4.69, 9.17) is 13.0 Å². The van der Waals surface area contributed by atoms with Gasteiger partial charge in [-0.1, -0.05) is 5.98 Å². The van der Waals surface area contributed by atoms with Crippen LogP contribution in [-0.2, 0) is 4.79 Å². The normalized spacial score (nSPS) is 10.9. The van der Waals surface area contributed by atoms with Crippen LogP contribution in [0.1, 0.15) is 0 Å². The quantitative estimate of drug-likeness (QED) is 0.267. The highest BCUT2D eigenvalue weighted by molar-refractivity contribution is 6.19. The third-order valence-corrected chi connectivity index (χ3v) is 0.618. The minimum atomic E-state index is -0.576. The molecule has 4 heteroatoms. The van der Waals surface area contributed by atoms with Gasteiger partial charge in [0.25, 0.3) is 5.91 Å². The zero-order valence-electron chi connectivity index (χ0n) is 4.51. The second-order valence-corrected chi connectivity index (χ2v) is 1.13. The molecule has 0 aliphatic carbocycles. The van der Waals surface area contributed by atoms with Gasteiger partial charge in [0.05, 0.1) is 0 Å². The molecule has 8 heavy (non-hydrogen) atoms. The lowest BCUT2D eigenvalue weighted by molar-refractivity contribution is -0.119. The van der Waals surface area contributed by atoms with E-state index < -0.39 is 11.7 Å². The van der Waals surface area contributed by atoms with Crippen molar-refractivity contribution in [1.29, 1.82) is 0 Å². The molecule has 1 amide bonds. The van der Waals surface area contributed by atoms with E-state index in [1.807, 2.05) is 0 Å². The lowest BCUT2D eigenvalue weighted by atomic mass is 10.1. The molecule has 0 rings (SSSR count). The van der Waals surface area contributed by atoms with Crippen molar-refractivity contribution in [2.75, 3.05) is 7.05 Å². The highest BCUT2D eigenvalue weighted by atomic mass is 16.3.